The molecule has 0 radical (unpaired) electrons. The molecular weight excluding hydrogens is 264 g/mol. The van der Waals surface area contributed by atoms with Gasteiger partial charge in [-0.05, 0) is 71.3 Å². The van der Waals surface area contributed by atoms with Gasteiger partial charge >= 0.3 is 0 Å². The number of rotatable bonds is 7. The molecule has 2 bridgehead atoms. The van der Waals surface area contributed by atoms with E-state index in [1.807, 2.05) is 18.9 Å². The fourth-order valence-corrected chi connectivity index (χ4v) is 4.14. The highest BCUT2D eigenvalue weighted by Crippen LogP contribution is 2.49. The molecule has 2 saturated carbocycles. The lowest BCUT2D eigenvalue weighted by molar-refractivity contribution is -0.126. The van der Waals surface area contributed by atoms with Crippen molar-refractivity contribution in [2.75, 3.05) is 13.6 Å². The molecule has 1 amide bonds. The number of carbonyl (C=O) groups excluding carboxylic acids is 1. The van der Waals surface area contributed by atoms with Gasteiger partial charge in [0, 0.05) is 12.6 Å². The van der Waals surface area contributed by atoms with E-state index in [-0.39, 0.29) is 18.1 Å². The topological polar surface area (TPSA) is 52.6 Å². The van der Waals surface area contributed by atoms with E-state index < -0.39 is 0 Å². The van der Waals surface area contributed by atoms with E-state index in [1.54, 1.807) is 6.92 Å². The molecule has 21 heavy (non-hydrogen) atoms. The number of hydrogen-bond acceptors (Lipinski definition) is 3. The number of nitrogens with zero attached hydrogens (tertiary/aromatic N) is 1. The molecule has 4 heteroatoms. The summed E-state index contributed by atoms with van der Waals surface area (Å²) >= 11 is 0. The van der Waals surface area contributed by atoms with Crippen LogP contribution in [0, 0.1) is 17.8 Å². The highest BCUT2D eigenvalue weighted by Gasteiger charge is 2.42. The lowest BCUT2D eigenvalue weighted by Crippen LogP contribution is -2.49. The first-order valence-corrected chi connectivity index (χ1v) is 8.57. The molecule has 2 rings (SSSR count). The average Bonchev–Trinajstić information content (AvgIpc) is 3.06. The highest BCUT2D eigenvalue weighted by molar-refractivity contribution is 5.81. The van der Waals surface area contributed by atoms with Crippen molar-refractivity contribution < 1.29 is 9.90 Å². The second kappa shape index (κ2) is 7.10. The van der Waals surface area contributed by atoms with Gasteiger partial charge in [-0.1, -0.05) is 6.42 Å². The molecule has 0 saturated heterocycles. The van der Waals surface area contributed by atoms with Gasteiger partial charge in [-0.15, -0.1) is 0 Å². The second-order valence-electron chi connectivity index (χ2n) is 7.43. The second-order valence-corrected chi connectivity index (χ2v) is 7.43. The summed E-state index contributed by atoms with van der Waals surface area (Å²) in [6.07, 6.45) is 5.85. The van der Waals surface area contributed by atoms with E-state index in [0.717, 1.165) is 18.4 Å². The Balaban J connectivity index is 1.77. The zero-order valence-electron chi connectivity index (χ0n) is 14.0. The smallest absolute Gasteiger partial charge is 0.237 e. The predicted octanol–water partition coefficient (Wildman–Crippen LogP) is 2.02. The van der Waals surface area contributed by atoms with Crippen LogP contribution in [0.3, 0.4) is 0 Å². The SMILES string of the molecule is CC(O)CCN(C)C(C)C(=O)NC(C)C1CC2CCC1C2. The molecule has 4 nitrogen and oxygen atoms in total. The third kappa shape index (κ3) is 4.19. The Morgan fingerprint density at radius 1 is 1.29 bits per heavy atom. The first kappa shape index (κ1) is 16.8. The average molecular weight is 296 g/mol. The summed E-state index contributed by atoms with van der Waals surface area (Å²) in [4.78, 5) is 14.4. The molecule has 2 aliphatic carbocycles. The van der Waals surface area contributed by atoms with Crippen LogP contribution >= 0.6 is 0 Å². The lowest BCUT2D eigenvalue weighted by atomic mass is 9.84. The van der Waals surface area contributed by atoms with Crippen LogP contribution in [0.2, 0.25) is 0 Å². The van der Waals surface area contributed by atoms with Crippen LogP contribution in [0.1, 0.15) is 52.9 Å². The summed E-state index contributed by atoms with van der Waals surface area (Å²) in [7, 11) is 1.95. The quantitative estimate of drug-likeness (QED) is 0.756. The van der Waals surface area contributed by atoms with Gasteiger partial charge in [0.1, 0.15) is 0 Å². The zero-order chi connectivity index (χ0) is 15.6. The minimum absolute atomic E-state index is 0.123. The fourth-order valence-electron chi connectivity index (χ4n) is 4.14. The van der Waals surface area contributed by atoms with E-state index >= 15 is 0 Å². The molecule has 0 heterocycles. The van der Waals surface area contributed by atoms with E-state index in [1.165, 1.54) is 25.7 Å². The van der Waals surface area contributed by atoms with E-state index in [0.29, 0.717) is 18.4 Å². The molecule has 2 aliphatic rings. The molecule has 122 valence electrons. The van der Waals surface area contributed by atoms with Crippen molar-refractivity contribution in [2.45, 2.75) is 71.1 Å². The molecule has 2 fully saturated rings. The van der Waals surface area contributed by atoms with Crippen molar-refractivity contribution in [2.24, 2.45) is 17.8 Å². The van der Waals surface area contributed by atoms with Gasteiger partial charge in [-0.2, -0.15) is 0 Å². The van der Waals surface area contributed by atoms with Crippen LogP contribution in [0.5, 0.6) is 0 Å². The Morgan fingerprint density at radius 3 is 2.52 bits per heavy atom. The van der Waals surface area contributed by atoms with Crippen LogP contribution in [0.4, 0.5) is 0 Å². The van der Waals surface area contributed by atoms with Crippen LogP contribution in [0.25, 0.3) is 0 Å². The monoisotopic (exact) mass is 296 g/mol. The number of fused-ring (bicyclic) bond motifs is 2. The number of carbonyl (C=O) groups is 1. The van der Waals surface area contributed by atoms with E-state index in [2.05, 4.69) is 12.2 Å². The third-order valence-corrected chi connectivity index (χ3v) is 5.75. The van der Waals surface area contributed by atoms with Gasteiger partial charge in [0.15, 0.2) is 0 Å². The minimum Gasteiger partial charge on any atom is -0.393 e. The summed E-state index contributed by atoms with van der Waals surface area (Å²) < 4.78 is 0. The molecule has 0 aromatic rings. The summed E-state index contributed by atoms with van der Waals surface area (Å²) in [5, 5.41) is 12.6. The van der Waals surface area contributed by atoms with Crippen molar-refractivity contribution in [3.63, 3.8) is 0 Å². The van der Waals surface area contributed by atoms with Crippen molar-refractivity contribution in [3.8, 4) is 0 Å². The van der Waals surface area contributed by atoms with Gasteiger partial charge in [0.2, 0.25) is 5.91 Å². The maximum absolute atomic E-state index is 12.4. The van der Waals surface area contributed by atoms with Crippen molar-refractivity contribution in [3.05, 3.63) is 0 Å². The number of hydrogen-bond donors (Lipinski definition) is 2. The summed E-state index contributed by atoms with van der Waals surface area (Å²) in [6.45, 7) is 6.65. The molecule has 0 aromatic carbocycles. The van der Waals surface area contributed by atoms with Gasteiger partial charge in [-0.3, -0.25) is 9.69 Å². The number of amides is 1. The molecule has 0 spiro atoms. The maximum atomic E-state index is 12.4. The fraction of sp³-hybridized carbons (Fsp3) is 0.941. The van der Waals surface area contributed by atoms with Crippen molar-refractivity contribution in [1.82, 2.24) is 10.2 Å². The first-order chi connectivity index (χ1) is 9.88. The lowest BCUT2D eigenvalue weighted by Gasteiger charge is -2.31. The summed E-state index contributed by atoms with van der Waals surface area (Å²) in [6, 6.07) is 0.158. The van der Waals surface area contributed by atoms with Gasteiger partial charge < -0.3 is 10.4 Å². The number of likely N-dealkylation sites (N-methyl/N-ethyl adjacent to an activating group) is 1. The summed E-state index contributed by atoms with van der Waals surface area (Å²) in [5.74, 6) is 2.57. The number of nitrogens with one attached hydrogen (secondary N) is 1. The number of aliphatic hydroxyl groups is 1. The molecule has 2 N–H and O–H groups in total. The largest absolute Gasteiger partial charge is 0.393 e. The zero-order valence-corrected chi connectivity index (χ0v) is 14.0. The Labute approximate surface area is 129 Å². The van der Waals surface area contributed by atoms with Crippen LogP contribution < -0.4 is 5.32 Å². The van der Waals surface area contributed by atoms with Crippen LogP contribution in [0.15, 0.2) is 0 Å². The standard InChI is InChI=1S/C17H32N2O2/c1-11(20)7-8-19(4)13(3)17(21)18-12(2)16-10-14-5-6-15(16)9-14/h11-16,20H,5-10H2,1-4H3,(H,18,21). The molecule has 0 aliphatic heterocycles. The predicted molar refractivity (Wildman–Crippen MR) is 84.9 cm³/mol. The Morgan fingerprint density at radius 2 is 2.00 bits per heavy atom. The van der Waals surface area contributed by atoms with E-state index in [9.17, 15) is 9.90 Å². The van der Waals surface area contributed by atoms with Gasteiger partial charge in [0.25, 0.3) is 0 Å². The molecule has 6 unspecified atom stereocenters. The molecular formula is C17H32N2O2. The van der Waals surface area contributed by atoms with Crippen LogP contribution in [-0.2, 0) is 4.79 Å². The maximum Gasteiger partial charge on any atom is 0.237 e. The van der Waals surface area contributed by atoms with Gasteiger partial charge in [-0.25, -0.2) is 0 Å². The minimum atomic E-state index is -0.310. The normalized spacial score (nSPS) is 32.2. The Hall–Kier alpha value is -0.610. The van der Waals surface area contributed by atoms with Gasteiger partial charge in [0.05, 0.1) is 12.1 Å². The third-order valence-electron chi connectivity index (χ3n) is 5.75. The summed E-state index contributed by atoms with van der Waals surface area (Å²) in [5.41, 5.74) is 0. The van der Waals surface area contributed by atoms with E-state index in [4.69, 9.17) is 0 Å². The molecule has 6 atom stereocenters. The Kier molecular flexibility index (Phi) is 5.67. The van der Waals surface area contributed by atoms with Crippen molar-refractivity contribution >= 4 is 5.91 Å². The van der Waals surface area contributed by atoms with Crippen LogP contribution in [-0.4, -0.2) is 47.7 Å². The molecule has 0 aromatic heterocycles. The first-order valence-electron chi connectivity index (χ1n) is 8.57. The van der Waals surface area contributed by atoms with Crippen molar-refractivity contribution in [1.29, 1.82) is 0 Å². The highest BCUT2D eigenvalue weighted by atomic mass is 16.3. The Bertz CT molecular complexity index is 359. The number of aliphatic hydroxyl groups excluding tert-OH is 1.